The number of carbonyl (C=O) groups excluding carboxylic acids is 1. The molecule has 1 aliphatic carbocycles. The van der Waals surface area contributed by atoms with Gasteiger partial charge in [0, 0.05) is 41.4 Å². The molecule has 8 nitrogen and oxygen atoms in total. The number of aromatic nitrogens is 5. The summed E-state index contributed by atoms with van der Waals surface area (Å²) in [6.07, 6.45) is 4.33. The van der Waals surface area contributed by atoms with Gasteiger partial charge in [0.2, 0.25) is 5.16 Å². The molecular weight excluding hydrogens is 386 g/mol. The van der Waals surface area contributed by atoms with Crippen molar-refractivity contribution in [2.75, 3.05) is 12.4 Å². The zero-order valence-electron chi connectivity index (χ0n) is 15.7. The van der Waals surface area contributed by atoms with E-state index in [1.165, 1.54) is 30.3 Å². The van der Waals surface area contributed by atoms with E-state index >= 15 is 0 Å². The lowest BCUT2D eigenvalue weighted by Crippen LogP contribution is -2.17. The molecule has 1 saturated carbocycles. The Morgan fingerprint density at radius 1 is 1.24 bits per heavy atom. The minimum absolute atomic E-state index is 0.109. The first-order valence-corrected chi connectivity index (χ1v) is 10.2. The van der Waals surface area contributed by atoms with Gasteiger partial charge in [0.15, 0.2) is 11.6 Å². The van der Waals surface area contributed by atoms with Gasteiger partial charge in [-0.25, -0.2) is 9.50 Å². The second kappa shape index (κ2) is 7.25. The summed E-state index contributed by atoms with van der Waals surface area (Å²) in [6, 6.07) is 13.3. The first-order valence-electron chi connectivity index (χ1n) is 9.37. The first kappa shape index (κ1) is 17.7. The van der Waals surface area contributed by atoms with E-state index in [1.54, 1.807) is 23.7 Å². The van der Waals surface area contributed by atoms with Crippen LogP contribution in [0.4, 0.5) is 11.6 Å². The fraction of sp³-hybridized carbons (Fsp3) is 0.200. The highest BCUT2D eigenvalue weighted by molar-refractivity contribution is 7.99. The van der Waals surface area contributed by atoms with Crippen LogP contribution in [0.1, 0.15) is 34.8 Å². The minimum atomic E-state index is -0.109. The van der Waals surface area contributed by atoms with Crippen LogP contribution >= 0.6 is 11.8 Å². The zero-order chi connectivity index (χ0) is 19.8. The summed E-state index contributed by atoms with van der Waals surface area (Å²) in [5.74, 6) is 1.95. The zero-order valence-corrected chi connectivity index (χ0v) is 16.5. The quantitative estimate of drug-likeness (QED) is 0.453. The molecule has 0 radical (unpaired) electrons. The molecule has 4 aromatic rings. The van der Waals surface area contributed by atoms with Crippen LogP contribution in [0, 0.1) is 0 Å². The molecule has 3 aromatic heterocycles. The second-order valence-corrected chi connectivity index (χ2v) is 7.94. The van der Waals surface area contributed by atoms with Gasteiger partial charge in [-0.2, -0.15) is 5.10 Å². The second-order valence-electron chi connectivity index (χ2n) is 6.89. The van der Waals surface area contributed by atoms with E-state index in [9.17, 15) is 4.79 Å². The van der Waals surface area contributed by atoms with Crippen LogP contribution in [0.2, 0.25) is 0 Å². The Morgan fingerprint density at radius 2 is 2.07 bits per heavy atom. The van der Waals surface area contributed by atoms with Gasteiger partial charge in [-0.05, 0) is 61.0 Å². The molecule has 1 fully saturated rings. The Kier molecular flexibility index (Phi) is 4.44. The minimum Gasteiger partial charge on any atom is -0.355 e. The van der Waals surface area contributed by atoms with E-state index in [2.05, 4.69) is 25.9 Å². The summed E-state index contributed by atoms with van der Waals surface area (Å²) in [7, 11) is 1.62. The third kappa shape index (κ3) is 3.68. The number of carbonyl (C=O) groups is 1. The average molecular weight is 405 g/mol. The maximum atomic E-state index is 11.7. The van der Waals surface area contributed by atoms with Gasteiger partial charge in [-0.3, -0.25) is 9.89 Å². The lowest BCUT2D eigenvalue weighted by atomic mass is 10.2. The van der Waals surface area contributed by atoms with Gasteiger partial charge in [-0.1, -0.05) is 0 Å². The molecule has 1 aliphatic rings. The largest absolute Gasteiger partial charge is 0.355 e. The Labute approximate surface area is 171 Å². The maximum Gasteiger partial charge on any atom is 0.251 e. The fourth-order valence-corrected chi connectivity index (χ4v) is 3.85. The summed E-state index contributed by atoms with van der Waals surface area (Å²) in [5.41, 5.74) is 2.66. The molecule has 1 aromatic carbocycles. The Hall–Kier alpha value is -3.33. The van der Waals surface area contributed by atoms with Gasteiger partial charge in [-0.15, -0.1) is 5.10 Å². The molecule has 5 rings (SSSR count). The number of H-pyrrole nitrogens is 1. The number of amides is 1. The summed E-state index contributed by atoms with van der Waals surface area (Å²) >= 11 is 1.44. The Bertz CT molecular complexity index is 1180. The number of benzene rings is 1. The van der Waals surface area contributed by atoms with Crippen LogP contribution in [0.5, 0.6) is 0 Å². The molecule has 0 saturated heterocycles. The number of nitrogens with one attached hydrogen (secondary N) is 3. The summed E-state index contributed by atoms with van der Waals surface area (Å²) in [4.78, 5) is 17.3. The van der Waals surface area contributed by atoms with Crippen LogP contribution in [-0.4, -0.2) is 37.8 Å². The predicted octanol–water partition coefficient (Wildman–Crippen LogP) is 3.58. The van der Waals surface area contributed by atoms with Crippen molar-refractivity contribution >= 4 is 34.8 Å². The number of hydrogen-bond acceptors (Lipinski definition) is 6. The predicted molar refractivity (Wildman–Crippen MR) is 111 cm³/mol. The van der Waals surface area contributed by atoms with Gasteiger partial charge in [0.1, 0.15) is 5.52 Å². The molecule has 3 heterocycles. The lowest BCUT2D eigenvalue weighted by Gasteiger charge is -2.08. The molecule has 9 heteroatoms. The van der Waals surface area contributed by atoms with Crippen LogP contribution in [0.3, 0.4) is 0 Å². The van der Waals surface area contributed by atoms with Crippen molar-refractivity contribution < 1.29 is 4.79 Å². The third-order valence-electron chi connectivity index (χ3n) is 4.79. The van der Waals surface area contributed by atoms with Crippen LogP contribution in [0.25, 0.3) is 5.52 Å². The number of rotatable bonds is 6. The molecule has 0 bridgehead atoms. The molecular formula is C20H19N7OS. The van der Waals surface area contributed by atoms with Gasteiger partial charge in [0.05, 0.1) is 0 Å². The Morgan fingerprint density at radius 3 is 2.83 bits per heavy atom. The van der Waals surface area contributed by atoms with E-state index in [1.807, 2.05) is 36.5 Å². The third-order valence-corrected chi connectivity index (χ3v) is 5.65. The van der Waals surface area contributed by atoms with E-state index in [0.29, 0.717) is 22.5 Å². The van der Waals surface area contributed by atoms with Crippen molar-refractivity contribution in [2.45, 2.75) is 28.8 Å². The maximum absolute atomic E-state index is 11.7. The molecule has 0 aliphatic heterocycles. The van der Waals surface area contributed by atoms with E-state index in [0.717, 1.165) is 16.2 Å². The van der Waals surface area contributed by atoms with Crippen molar-refractivity contribution in [1.29, 1.82) is 0 Å². The van der Waals surface area contributed by atoms with Crippen molar-refractivity contribution in [1.82, 2.24) is 30.1 Å². The first-order chi connectivity index (χ1) is 14.2. The van der Waals surface area contributed by atoms with Crippen LogP contribution in [-0.2, 0) is 0 Å². The van der Waals surface area contributed by atoms with Crippen molar-refractivity contribution in [2.24, 2.45) is 0 Å². The van der Waals surface area contributed by atoms with Crippen LogP contribution in [0.15, 0.2) is 58.7 Å². The lowest BCUT2D eigenvalue weighted by molar-refractivity contribution is 0.0963. The number of anilines is 2. The van der Waals surface area contributed by atoms with Crippen molar-refractivity contribution in [3.8, 4) is 0 Å². The Balaban J connectivity index is 1.41. The molecule has 0 spiro atoms. The van der Waals surface area contributed by atoms with Crippen molar-refractivity contribution in [3.05, 3.63) is 59.9 Å². The fourth-order valence-electron chi connectivity index (χ4n) is 3.10. The summed E-state index contributed by atoms with van der Waals surface area (Å²) in [5, 5.41) is 18.6. The number of hydrogen-bond donors (Lipinski definition) is 3. The molecule has 29 heavy (non-hydrogen) atoms. The van der Waals surface area contributed by atoms with E-state index in [4.69, 9.17) is 4.98 Å². The molecule has 0 unspecified atom stereocenters. The standard InChI is InChI=1S/C20H19N7OS/c1-21-19(28)13-6-8-14(9-7-13)29-20-23-18(16-3-2-10-27(16)26-20)22-17-11-15(24-25-17)12-4-5-12/h2-3,6-12H,4-5H2,1H3,(H,21,28)(H2,22,23,24,25,26). The number of fused-ring (bicyclic) bond motifs is 1. The summed E-state index contributed by atoms with van der Waals surface area (Å²) in [6.45, 7) is 0. The molecule has 146 valence electrons. The van der Waals surface area contributed by atoms with Crippen LogP contribution < -0.4 is 10.6 Å². The normalized spacial score (nSPS) is 13.6. The molecule has 3 N–H and O–H groups in total. The summed E-state index contributed by atoms with van der Waals surface area (Å²) < 4.78 is 1.80. The highest BCUT2D eigenvalue weighted by Gasteiger charge is 2.25. The highest BCUT2D eigenvalue weighted by atomic mass is 32.2. The number of aromatic amines is 1. The number of nitrogens with zero attached hydrogens (tertiary/aromatic N) is 4. The molecule has 1 amide bonds. The topological polar surface area (TPSA) is 100 Å². The smallest absolute Gasteiger partial charge is 0.251 e. The van der Waals surface area contributed by atoms with Gasteiger partial charge < -0.3 is 10.6 Å². The average Bonchev–Trinajstić information content (AvgIpc) is 3.29. The van der Waals surface area contributed by atoms with Gasteiger partial charge >= 0.3 is 0 Å². The van der Waals surface area contributed by atoms with Gasteiger partial charge in [0.25, 0.3) is 5.91 Å². The van der Waals surface area contributed by atoms with E-state index < -0.39 is 0 Å². The van der Waals surface area contributed by atoms with E-state index in [-0.39, 0.29) is 5.91 Å². The highest BCUT2D eigenvalue weighted by Crippen LogP contribution is 2.39. The SMILES string of the molecule is CNC(=O)c1ccc(Sc2nc(Nc3cc(C4CC4)[nH]n3)c3cccn3n2)cc1. The molecule has 0 atom stereocenters. The monoisotopic (exact) mass is 405 g/mol. The van der Waals surface area contributed by atoms with Crippen molar-refractivity contribution in [3.63, 3.8) is 0 Å².